The number of halogens is 1. The van der Waals surface area contributed by atoms with E-state index >= 15 is 0 Å². The van der Waals surface area contributed by atoms with Gasteiger partial charge >= 0.3 is 0 Å². The second-order valence-electron chi connectivity index (χ2n) is 5.29. The average molecular weight is 337 g/mol. The predicted octanol–water partition coefficient (Wildman–Crippen LogP) is 4.62. The summed E-state index contributed by atoms with van der Waals surface area (Å²) in [7, 11) is 0. The quantitative estimate of drug-likeness (QED) is 0.681. The van der Waals surface area contributed by atoms with Crippen molar-refractivity contribution in [1.82, 2.24) is 4.98 Å². The van der Waals surface area contributed by atoms with Gasteiger partial charge in [-0.1, -0.05) is 24.3 Å². The van der Waals surface area contributed by atoms with Gasteiger partial charge in [0.2, 0.25) is 0 Å². The largest absolute Gasteiger partial charge is 0.332 e. The maximum Gasteiger partial charge on any atom is 0.175 e. The Labute approximate surface area is 145 Å². The van der Waals surface area contributed by atoms with Crippen molar-refractivity contribution in [3.8, 4) is 0 Å². The number of aromatic nitrogens is 1. The SMILES string of the molecule is Fc1ccccc1NC(=S)Nc1ccc(Cc2ccncc2)cc1. The van der Waals surface area contributed by atoms with Crippen molar-refractivity contribution in [2.45, 2.75) is 6.42 Å². The molecule has 0 atom stereocenters. The molecular formula is C19H16FN3S. The van der Waals surface area contributed by atoms with E-state index in [0.717, 1.165) is 12.1 Å². The minimum atomic E-state index is -0.339. The molecule has 2 aromatic carbocycles. The summed E-state index contributed by atoms with van der Waals surface area (Å²) < 4.78 is 13.6. The van der Waals surface area contributed by atoms with Crippen molar-refractivity contribution in [3.63, 3.8) is 0 Å². The zero-order valence-electron chi connectivity index (χ0n) is 12.9. The van der Waals surface area contributed by atoms with Gasteiger partial charge in [-0.2, -0.15) is 0 Å². The van der Waals surface area contributed by atoms with Crippen LogP contribution in [0.25, 0.3) is 0 Å². The second kappa shape index (κ2) is 7.66. The normalized spacial score (nSPS) is 10.2. The van der Waals surface area contributed by atoms with E-state index in [0.29, 0.717) is 10.8 Å². The van der Waals surface area contributed by atoms with E-state index in [1.807, 2.05) is 36.4 Å². The standard InChI is InChI=1S/C19H16FN3S/c20-17-3-1-2-4-18(17)23-19(24)22-16-7-5-14(6-8-16)13-15-9-11-21-12-10-15/h1-12H,13H2,(H2,22,23,24). The van der Waals surface area contributed by atoms with E-state index in [4.69, 9.17) is 12.2 Å². The zero-order chi connectivity index (χ0) is 16.8. The third-order valence-corrected chi connectivity index (χ3v) is 3.70. The Morgan fingerprint density at radius 3 is 2.25 bits per heavy atom. The molecule has 0 radical (unpaired) electrons. The molecule has 0 unspecified atom stereocenters. The lowest BCUT2D eigenvalue weighted by atomic mass is 10.1. The van der Waals surface area contributed by atoms with Crippen molar-refractivity contribution in [3.05, 3.63) is 90.0 Å². The van der Waals surface area contributed by atoms with Gasteiger partial charge in [-0.3, -0.25) is 4.98 Å². The van der Waals surface area contributed by atoms with Crippen LogP contribution in [0.4, 0.5) is 15.8 Å². The van der Waals surface area contributed by atoms with Crippen molar-refractivity contribution in [2.75, 3.05) is 10.6 Å². The zero-order valence-corrected chi connectivity index (χ0v) is 13.7. The summed E-state index contributed by atoms with van der Waals surface area (Å²) in [5, 5.41) is 6.25. The molecule has 0 aliphatic rings. The van der Waals surface area contributed by atoms with Crippen LogP contribution < -0.4 is 10.6 Å². The van der Waals surface area contributed by atoms with Gasteiger partial charge in [-0.05, 0) is 66.2 Å². The van der Waals surface area contributed by atoms with Gasteiger partial charge in [0.25, 0.3) is 0 Å². The number of para-hydroxylation sites is 1. The Morgan fingerprint density at radius 1 is 0.875 bits per heavy atom. The number of hydrogen-bond donors (Lipinski definition) is 2. The molecule has 3 nitrogen and oxygen atoms in total. The van der Waals surface area contributed by atoms with Gasteiger partial charge in [0.15, 0.2) is 5.11 Å². The lowest BCUT2D eigenvalue weighted by Crippen LogP contribution is -2.19. The van der Waals surface area contributed by atoms with Crippen LogP contribution in [0.5, 0.6) is 0 Å². The molecule has 0 aliphatic carbocycles. The van der Waals surface area contributed by atoms with Gasteiger partial charge in [-0.15, -0.1) is 0 Å². The molecule has 120 valence electrons. The minimum Gasteiger partial charge on any atom is -0.332 e. The smallest absolute Gasteiger partial charge is 0.175 e. The number of pyridine rings is 1. The highest BCUT2D eigenvalue weighted by Crippen LogP contribution is 2.15. The van der Waals surface area contributed by atoms with Gasteiger partial charge < -0.3 is 10.6 Å². The molecule has 0 spiro atoms. The molecule has 0 bridgehead atoms. The number of nitrogens with one attached hydrogen (secondary N) is 2. The highest BCUT2D eigenvalue weighted by atomic mass is 32.1. The number of benzene rings is 2. The van der Waals surface area contributed by atoms with Crippen LogP contribution in [0.1, 0.15) is 11.1 Å². The van der Waals surface area contributed by atoms with Crippen LogP contribution in [0.3, 0.4) is 0 Å². The van der Waals surface area contributed by atoms with E-state index in [1.165, 1.54) is 17.2 Å². The lowest BCUT2D eigenvalue weighted by molar-refractivity contribution is 0.632. The predicted molar refractivity (Wildman–Crippen MR) is 99.7 cm³/mol. The summed E-state index contributed by atoms with van der Waals surface area (Å²) in [6.45, 7) is 0. The molecular weight excluding hydrogens is 321 g/mol. The van der Waals surface area contributed by atoms with Gasteiger partial charge in [0.05, 0.1) is 5.69 Å². The fraction of sp³-hybridized carbons (Fsp3) is 0.0526. The summed E-state index contributed by atoms with van der Waals surface area (Å²) in [6, 6.07) is 18.4. The maximum atomic E-state index is 13.6. The average Bonchev–Trinajstić information content (AvgIpc) is 2.60. The third kappa shape index (κ3) is 4.36. The Balaban J connectivity index is 1.60. The Morgan fingerprint density at radius 2 is 1.54 bits per heavy atom. The van der Waals surface area contributed by atoms with Gasteiger partial charge in [0.1, 0.15) is 5.82 Å². The number of anilines is 2. The van der Waals surface area contributed by atoms with E-state index in [9.17, 15) is 4.39 Å². The summed E-state index contributed by atoms with van der Waals surface area (Å²) in [6.07, 6.45) is 4.43. The summed E-state index contributed by atoms with van der Waals surface area (Å²) >= 11 is 5.22. The fourth-order valence-corrected chi connectivity index (χ4v) is 2.52. The molecule has 1 heterocycles. The minimum absolute atomic E-state index is 0.339. The van der Waals surface area contributed by atoms with Crippen molar-refractivity contribution >= 4 is 28.7 Å². The van der Waals surface area contributed by atoms with Gasteiger partial charge in [-0.25, -0.2) is 4.39 Å². The maximum absolute atomic E-state index is 13.6. The molecule has 2 N–H and O–H groups in total. The van der Waals surface area contributed by atoms with E-state index in [2.05, 4.69) is 15.6 Å². The van der Waals surface area contributed by atoms with Crippen LogP contribution >= 0.6 is 12.2 Å². The molecule has 3 rings (SSSR count). The lowest BCUT2D eigenvalue weighted by Gasteiger charge is -2.11. The topological polar surface area (TPSA) is 37.0 Å². The van der Waals surface area contributed by atoms with Crippen LogP contribution in [-0.4, -0.2) is 10.1 Å². The Hall–Kier alpha value is -2.79. The molecule has 0 saturated heterocycles. The van der Waals surface area contributed by atoms with Gasteiger partial charge in [0, 0.05) is 18.1 Å². The number of thiocarbonyl (C=S) groups is 1. The Kier molecular flexibility index (Phi) is 5.13. The monoisotopic (exact) mass is 337 g/mol. The van der Waals surface area contributed by atoms with Crippen LogP contribution in [0.15, 0.2) is 73.1 Å². The highest BCUT2D eigenvalue weighted by molar-refractivity contribution is 7.80. The number of nitrogens with zero attached hydrogens (tertiary/aromatic N) is 1. The van der Waals surface area contributed by atoms with E-state index < -0.39 is 0 Å². The second-order valence-corrected chi connectivity index (χ2v) is 5.70. The molecule has 0 amide bonds. The molecule has 0 aliphatic heterocycles. The first-order valence-electron chi connectivity index (χ1n) is 7.51. The fourth-order valence-electron chi connectivity index (χ4n) is 2.29. The molecule has 24 heavy (non-hydrogen) atoms. The first-order valence-corrected chi connectivity index (χ1v) is 7.92. The van der Waals surface area contributed by atoms with Crippen molar-refractivity contribution < 1.29 is 4.39 Å². The van der Waals surface area contributed by atoms with Crippen LogP contribution in [-0.2, 0) is 6.42 Å². The first-order chi connectivity index (χ1) is 11.7. The molecule has 0 saturated carbocycles. The highest BCUT2D eigenvalue weighted by Gasteiger charge is 2.03. The molecule has 0 fully saturated rings. The van der Waals surface area contributed by atoms with E-state index in [1.54, 1.807) is 30.6 Å². The number of rotatable bonds is 4. The molecule has 3 aromatic rings. The van der Waals surface area contributed by atoms with Crippen LogP contribution in [0.2, 0.25) is 0 Å². The number of hydrogen-bond acceptors (Lipinski definition) is 2. The third-order valence-electron chi connectivity index (χ3n) is 3.49. The first kappa shape index (κ1) is 16.1. The summed E-state index contributed by atoms with van der Waals surface area (Å²) in [5.41, 5.74) is 3.61. The van der Waals surface area contributed by atoms with Crippen LogP contribution in [0, 0.1) is 5.82 Å². The summed E-state index contributed by atoms with van der Waals surface area (Å²) in [4.78, 5) is 4.02. The molecule has 5 heteroatoms. The molecule has 1 aromatic heterocycles. The van der Waals surface area contributed by atoms with Crippen molar-refractivity contribution in [1.29, 1.82) is 0 Å². The Bertz CT molecular complexity index is 820. The summed E-state index contributed by atoms with van der Waals surface area (Å²) in [5.74, 6) is -0.339. The van der Waals surface area contributed by atoms with E-state index in [-0.39, 0.29) is 5.82 Å². The van der Waals surface area contributed by atoms with Crippen molar-refractivity contribution in [2.24, 2.45) is 0 Å².